The van der Waals surface area contributed by atoms with E-state index < -0.39 is 23.4 Å². The van der Waals surface area contributed by atoms with Gasteiger partial charge in [-0.05, 0) is 55.9 Å². The number of pyridine rings is 2. The predicted octanol–water partition coefficient (Wildman–Crippen LogP) is -0.809. The molecule has 0 radical (unpaired) electrons. The largest absolute Gasteiger partial charge is 0.458 e. The van der Waals surface area contributed by atoms with E-state index in [9.17, 15) is 47.9 Å². The molecule has 3 aromatic rings. The summed E-state index contributed by atoms with van der Waals surface area (Å²) in [7, 11) is 0. The molecule has 342 valence electrons. The average Bonchev–Trinajstić information content (AvgIpc) is 3.67. The van der Waals surface area contributed by atoms with E-state index in [0.717, 1.165) is 22.1 Å². The Morgan fingerprint density at radius 2 is 1.65 bits per heavy atom. The van der Waals surface area contributed by atoms with Gasteiger partial charge in [0.05, 0.1) is 74.4 Å². The number of carbonyl (C=O) groups is 7. The van der Waals surface area contributed by atoms with Crippen LogP contribution in [0, 0.1) is 12.7 Å². The number of amides is 6. The maximum Gasteiger partial charge on any atom is 0.343 e. The first-order valence-corrected chi connectivity index (χ1v) is 20.8. The Labute approximate surface area is 362 Å². The first kappa shape index (κ1) is 49.3. The van der Waals surface area contributed by atoms with Gasteiger partial charge in [0.1, 0.15) is 12.4 Å². The maximum absolute atomic E-state index is 14.8. The third kappa shape index (κ3) is 11.0. The zero-order valence-electron chi connectivity index (χ0n) is 36.1. The van der Waals surface area contributed by atoms with E-state index >= 15 is 0 Å². The van der Waals surface area contributed by atoms with Crippen molar-refractivity contribution in [2.24, 2.45) is 5.73 Å². The molecule has 2 aromatic heterocycles. The molecule has 5 heterocycles. The monoisotopic (exact) mass is 881 g/mol. The van der Waals surface area contributed by atoms with Crippen molar-refractivity contribution in [3.8, 4) is 11.4 Å². The number of halogens is 1. The van der Waals surface area contributed by atoms with E-state index in [-0.39, 0.29) is 86.1 Å². The number of nitrogens with zero attached hydrogens (tertiary/aromatic N) is 3. The number of nitrogens with one attached hydrogen (secondary N) is 5. The van der Waals surface area contributed by atoms with Crippen LogP contribution in [0.1, 0.15) is 80.0 Å². The van der Waals surface area contributed by atoms with E-state index in [4.69, 9.17) is 20.2 Å². The quantitative estimate of drug-likeness (QED) is 0.0679. The Balaban J connectivity index is 0.000000255. The number of aromatic nitrogens is 2. The lowest BCUT2D eigenvalue weighted by atomic mass is 9.81. The van der Waals surface area contributed by atoms with E-state index in [1.54, 1.807) is 29.4 Å². The zero-order chi connectivity index (χ0) is 46.4. The van der Waals surface area contributed by atoms with Gasteiger partial charge in [-0.25, -0.2) is 14.2 Å². The summed E-state index contributed by atoms with van der Waals surface area (Å²) in [6.45, 7) is 11.5. The second-order valence-electron chi connectivity index (χ2n) is 14.4. The molecule has 0 spiro atoms. The Morgan fingerprint density at radius 3 is 2.27 bits per heavy atom. The summed E-state index contributed by atoms with van der Waals surface area (Å²) in [6.07, 6.45) is 2.29. The molecule has 8 N–H and O–H groups in total. The molecular formula is C42H56FN9O11. The van der Waals surface area contributed by atoms with E-state index in [1.165, 1.54) is 6.07 Å². The summed E-state index contributed by atoms with van der Waals surface area (Å²) in [6, 6.07) is 2.72. The van der Waals surface area contributed by atoms with Gasteiger partial charge < -0.3 is 56.4 Å². The average molecular weight is 882 g/mol. The lowest BCUT2D eigenvalue weighted by Gasteiger charge is -2.31. The molecule has 1 aliphatic carbocycles. The highest BCUT2D eigenvalue weighted by molar-refractivity contribution is 5.94. The number of aryl methyl sites for hydroxylation is 1. The van der Waals surface area contributed by atoms with Gasteiger partial charge in [-0.2, -0.15) is 0 Å². The Bertz CT molecular complexity index is 2280. The number of rotatable bonds is 12. The third-order valence-electron chi connectivity index (χ3n) is 10.8. The number of carbonyl (C=O) groups excluding carboxylic acids is 7. The fraction of sp³-hybridized carbons (Fsp3) is 0.500. The summed E-state index contributed by atoms with van der Waals surface area (Å²) in [5.41, 5.74) is 7.58. The minimum Gasteiger partial charge on any atom is -0.458 e. The molecule has 63 heavy (non-hydrogen) atoms. The lowest BCUT2D eigenvalue weighted by molar-refractivity contribution is -0.172. The normalized spacial score (nSPS) is 17.5. The number of hydrogen-bond donors (Lipinski definition) is 7. The van der Waals surface area contributed by atoms with Crippen LogP contribution in [-0.4, -0.2) is 121 Å². The SMILES string of the molecule is CC.CCC1(O)C(=O)OCc2c1cc1n(c2=O)Cc2c-1nc1cc(F)c(C)c3c1c2C(NC=O)CC3.CCNC(=O)CN.O=CNCC(=O)NCC(=O)NCC(=O)N1CCOCC1. The molecule has 6 amide bonds. The van der Waals surface area contributed by atoms with Gasteiger partial charge >= 0.3 is 5.97 Å². The second-order valence-corrected chi connectivity index (χ2v) is 14.4. The number of fused-ring (bicyclic) bond motifs is 5. The number of aliphatic hydroxyl groups is 1. The van der Waals surface area contributed by atoms with Gasteiger partial charge in [0.15, 0.2) is 5.60 Å². The Kier molecular flexibility index (Phi) is 17.8. The summed E-state index contributed by atoms with van der Waals surface area (Å²) in [4.78, 5) is 98.0. The van der Waals surface area contributed by atoms with Crippen molar-refractivity contribution in [1.82, 2.24) is 41.0 Å². The number of ether oxygens (including phenoxy) is 2. The first-order valence-electron chi connectivity index (χ1n) is 20.8. The van der Waals surface area contributed by atoms with E-state index in [1.807, 2.05) is 20.8 Å². The van der Waals surface area contributed by atoms with Crippen LogP contribution < -0.4 is 37.9 Å². The molecular weight excluding hydrogens is 826 g/mol. The van der Waals surface area contributed by atoms with Gasteiger partial charge in [0.25, 0.3) is 5.56 Å². The molecule has 0 saturated carbocycles. The van der Waals surface area contributed by atoms with E-state index in [2.05, 4.69) is 26.6 Å². The topological polar surface area (TPSA) is 282 Å². The Hall–Kier alpha value is -6.32. The predicted molar refractivity (Wildman–Crippen MR) is 226 cm³/mol. The molecule has 7 rings (SSSR count). The Morgan fingerprint density at radius 1 is 0.968 bits per heavy atom. The van der Waals surface area contributed by atoms with Gasteiger partial charge in [0.2, 0.25) is 36.4 Å². The number of esters is 1. The lowest BCUT2D eigenvalue weighted by Crippen LogP contribution is -2.47. The van der Waals surface area contributed by atoms with Crippen molar-refractivity contribution in [1.29, 1.82) is 0 Å². The second kappa shape index (κ2) is 22.7. The maximum atomic E-state index is 14.8. The minimum absolute atomic E-state index is 0.0458. The molecule has 2 unspecified atom stereocenters. The van der Waals surface area contributed by atoms with Crippen LogP contribution >= 0.6 is 0 Å². The molecule has 1 saturated heterocycles. The first-order chi connectivity index (χ1) is 30.2. The molecule has 2 atom stereocenters. The molecule has 20 nitrogen and oxygen atoms in total. The fourth-order valence-corrected chi connectivity index (χ4v) is 7.61. The van der Waals surface area contributed by atoms with Crippen molar-refractivity contribution in [2.45, 2.75) is 78.7 Å². The van der Waals surface area contributed by atoms with Crippen LogP contribution in [0.4, 0.5) is 4.39 Å². The summed E-state index contributed by atoms with van der Waals surface area (Å²) in [5, 5.41) is 24.2. The van der Waals surface area contributed by atoms with Crippen molar-refractivity contribution in [3.63, 3.8) is 0 Å². The molecule has 3 aliphatic heterocycles. The third-order valence-corrected chi connectivity index (χ3v) is 10.8. The summed E-state index contributed by atoms with van der Waals surface area (Å²) >= 11 is 0. The standard InChI is InChI=1S/C25H22FN3O5.C11H18N4O5.C4H10N2O.C2H6/c1-3-25(33)15-6-19-22-13(8-29(19)23(31)14(15)9-34-24(25)32)21-17(27-10-30)5-4-12-11(2)16(26)7-18(28-22)20(12)21;16-8-12-5-9(17)13-6-10(18)14-7-11(19)15-1-3-20-4-2-15;1-2-6-4(7)3-5;1-2/h6-7,10,17,33H,3-5,8-9H2,1-2H3,(H,27,30);8H,1-7H2,(H,12,16)(H,13,17)(H,14,18);2-3,5H2,1H3,(H,6,7);1-2H3. The van der Waals surface area contributed by atoms with Crippen LogP contribution in [0.5, 0.6) is 0 Å². The van der Waals surface area contributed by atoms with Crippen molar-refractivity contribution in [2.75, 3.05) is 59.0 Å². The molecule has 4 aliphatic rings. The number of hydrogen-bond acceptors (Lipinski definition) is 13. The smallest absolute Gasteiger partial charge is 0.343 e. The van der Waals surface area contributed by atoms with Gasteiger partial charge in [0, 0.05) is 42.2 Å². The van der Waals surface area contributed by atoms with Crippen LogP contribution in [-0.2, 0) is 68.2 Å². The number of morpholine rings is 1. The van der Waals surface area contributed by atoms with Crippen molar-refractivity contribution >= 4 is 53.3 Å². The molecule has 21 heteroatoms. The van der Waals surface area contributed by atoms with Crippen LogP contribution in [0.2, 0.25) is 0 Å². The number of likely N-dealkylation sites (N-methyl/N-ethyl adjacent to an activating group) is 1. The van der Waals surface area contributed by atoms with Crippen LogP contribution in [0.25, 0.3) is 22.3 Å². The van der Waals surface area contributed by atoms with E-state index in [0.29, 0.717) is 81.0 Å². The van der Waals surface area contributed by atoms with Crippen molar-refractivity contribution < 1.29 is 52.5 Å². The minimum atomic E-state index is -1.92. The zero-order valence-corrected chi connectivity index (χ0v) is 36.1. The van der Waals surface area contributed by atoms with Gasteiger partial charge in [-0.15, -0.1) is 0 Å². The highest BCUT2D eigenvalue weighted by Crippen LogP contribution is 2.45. The fourth-order valence-electron chi connectivity index (χ4n) is 7.61. The van der Waals surface area contributed by atoms with Crippen molar-refractivity contribution in [3.05, 3.63) is 61.7 Å². The van der Waals surface area contributed by atoms with Gasteiger partial charge in [-0.1, -0.05) is 20.8 Å². The number of cyclic esters (lactones) is 1. The summed E-state index contributed by atoms with van der Waals surface area (Å²) in [5.74, 6) is -2.37. The van der Waals surface area contributed by atoms with Gasteiger partial charge in [-0.3, -0.25) is 33.6 Å². The highest BCUT2D eigenvalue weighted by atomic mass is 19.1. The molecule has 1 fully saturated rings. The molecule has 0 bridgehead atoms. The molecule has 1 aromatic carbocycles. The van der Waals surface area contributed by atoms with Crippen LogP contribution in [0.15, 0.2) is 16.9 Å². The number of benzene rings is 1. The summed E-state index contributed by atoms with van der Waals surface area (Å²) < 4.78 is 26.6. The highest BCUT2D eigenvalue weighted by Gasteiger charge is 2.46. The number of nitrogens with two attached hydrogens (primary N) is 1. The van der Waals surface area contributed by atoms with Crippen LogP contribution in [0.3, 0.4) is 0 Å².